The maximum Gasteiger partial charge on any atom is 0.295 e. The Kier molecular flexibility index (Phi) is 4.37. The van der Waals surface area contributed by atoms with E-state index >= 15 is 0 Å². The van der Waals surface area contributed by atoms with E-state index in [1.54, 1.807) is 13.0 Å². The van der Waals surface area contributed by atoms with E-state index in [-0.39, 0.29) is 10.6 Å². The topological polar surface area (TPSA) is 72.4 Å². The number of anilines is 1. The maximum atomic E-state index is 11.3. The van der Waals surface area contributed by atoms with Crippen molar-refractivity contribution >= 4 is 11.4 Å². The van der Waals surface area contributed by atoms with Gasteiger partial charge in [-0.15, -0.1) is 0 Å². The number of piperidine rings is 1. The molecule has 1 atom stereocenters. The zero-order chi connectivity index (χ0) is 13.8. The lowest BCUT2D eigenvalue weighted by Crippen LogP contribution is -2.41. The summed E-state index contributed by atoms with van der Waals surface area (Å²) in [5.41, 5.74) is 7.38. The first-order valence-corrected chi connectivity index (χ1v) is 6.86. The lowest BCUT2D eigenvalue weighted by Gasteiger charge is -2.37. The van der Waals surface area contributed by atoms with Gasteiger partial charge in [0.2, 0.25) is 0 Å². The van der Waals surface area contributed by atoms with Gasteiger partial charge in [-0.25, -0.2) is 0 Å². The van der Waals surface area contributed by atoms with E-state index in [0.717, 1.165) is 37.1 Å². The third kappa shape index (κ3) is 2.87. The number of nitrogens with two attached hydrogens (primary N) is 1. The van der Waals surface area contributed by atoms with Crippen LogP contribution in [0.4, 0.5) is 11.4 Å². The van der Waals surface area contributed by atoms with Crippen LogP contribution < -0.4 is 10.6 Å². The standard InChI is InChI=1S/C14H21N3O2/c1-11-5-4-7-13(14(11)17(18)19)16-10-3-2-6-12(16)8-9-15/h4-5,7,12H,2-3,6,8-10,15H2,1H3. The Morgan fingerprint density at radius 3 is 2.95 bits per heavy atom. The molecule has 1 fully saturated rings. The largest absolute Gasteiger partial charge is 0.363 e. The second-order valence-corrected chi connectivity index (χ2v) is 5.12. The number of para-hydroxylation sites is 1. The highest BCUT2D eigenvalue weighted by atomic mass is 16.6. The zero-order valence-electron chi connectivity index (χ0n) is 11.3. The second kappa shape index (κ2) is 6.02. The molecule has 2 N–H and O–H groups in total. The predicted molar refractivity (Wildman–Crippen MR) is 76.5 cm³/mol. The Balaban J connectivity index is 2.38. The molecule has 0 radical (unpaired) electrons. The molecule has 5 nitrogen and oxygen atoms in total. The molecule has 1 aliphatic heterocycles. The van der Waals surface area contributed by atoms with Gasteiger partial charge in [0, 0.05) is 18.2 Å². The molecule has 0 aliphatic carbocycles. The molecule has 0 spiro atoms. The van der Waals surface area contributed by atoms with Crippen LogP contribution in [0.1, 0.15) is 31.2 Å². The van der Waals surface area contributed by atoms with Gasteiger partial charge >= 0.3 is 0 Å². The molecule has 1 aromatic carbocycles. The van der Waals surface area contributed by atoms with Crippen LogP contribution in [0.25, 0.3) is 0 Å². The number of aryl methyl sites for hydroxylation is 1. The highest BCUT2D eigenvalue weighted by Gasteiger charge is 2.28. The minimum absolute atomic E-state index is 0.242. The van der Waals surface area contributed by atoms with Gasteiger partial charge in [0.15, 0.2) is 0 Å². The molecule has 0 aromatic heterocycles. The minimum Gasteiger partial charge on any atom is -0.363 e. The van der Waals surface area contributed by atoms with Crippen molar-refractivity contribution in [1.29, 1.82) is 0 Å². The summed E-state index contributed by atoms with van der Waals surface area (Å²) in [6, 6.07) is 5.88. The number of rotatable bonds is 4. The summed E-state index contributed by atoms with van der Waals surface area (Å²) in [4.78, 5) is 13.2. The maximum absolute atomic E-state index is 11.3. The molecule has 19 heavy (non-hydrogen) atoms. The van der Waals surface area contributed by atoms with E-state index in [0.29, 0.717) is 12.6 Å². The lowest BCUT2D eigenvalue weighted by molar-refractivity contribution is -0.384. The fraction of sp³-hybridized carbons (Fsp3) is 0.571. The molecule has 0 saturated carbocycles. The van der Waals surface area contributed by atoms with Crippen molar-refractivity contribution in [3.63, 3.8) is 0 Å². The molecule has 1 heterocycles. The molecule has 1 unspecified atom stereocenters. The smallest absolute Gasteiger partial charge is 0.295 e. The molecule has 2 rings (SSSR count). The Hall–Kier alpha value is -1.62. The molecule has 0 amide bonds. The first-order chi connectivity index (χ1) is 9.15. The summed E-state index contributed by atoms with van der Waals surface area (Å²) in [5.74, 6) is 0. The Morgan fingerprint density at radius 2 is 2.26 bits per heavy atom. The van der Waals surface area contributed by atoms with Crippen molar-refractivity contribution in [3.05, 3.63) is 33.9 Å². The van der Waals surface area contributed by atoms with Crippen LogP contribution in [0.2, 0.25) is 0 Å². The SMILES string of the molecule is Cc1cccc(N2CCCCC2CCN)c1[N+](=O)[O-]. The highest BCUT2D eigenvalue weighted by molar-refractivity contribution is 5.67. The van der Waals surface area contributed by atoms with Crippen molar-refractivity contribution in [2.24, 2.45) is 5.73 Å². The molecule has 104 valence electrons. The summed E-state index contributed by atoms with van der Waals surface area (Å²) in [5, 5.41) is 11.3. The molecule has 1 saturated heterocycles. The number of benzene rings is 1. The Morgan fingerprint density at radius 1 is 1.47 bits per heavy atom. The normalized spacial score (nSPS) is 19.5. The molecule has 1 aromatic rings. The number of nitro benzene ring substituents is 1. The van der Waals surface area contributed by atoms with Gasteiger partial charge in [0.05, 0.1) is 4.92 Å². The molecular formula is C14H21N3O2. The van der Waals surface area contributed by atoms with Gasteiger partial charge in [-0.05, 0) is 45.2 Å². The molecular weight excluding hydrogens is 242 g/mol. The third-order valence-corrected chi connectivity index (χ3v) is 3.84. The van der Waals surface area contributed by atoms with Gasteiger partial charge in [0.1, 0.15) is 5.69 Å². The van der Waals surface area contributed by atoms with E-state index in [4.69, 9.17) is 5.73 Å². The van der Waals surface area contributed by atoms with Gasteiger partial charge in [0.25, 0.3) is 5.69 Å². The average Bonchev–Trinajstić information content (AvgIpc) is 2.39. The van der Waals surface area contributed by atoms with E-state index in [9.17, 15) is 10.1 Å². The van der Waals surface area contributed by atoms with Gasteiger partial charge in [-0.1, -0.05) is 12.1 Å². The van der Waals surface area contributed by atoms with Crippen LogP contribution >= 0.6 is 0 Å². The molecule has 5 heteroatoms. The molecule has 1 aliphatic rings. The number of hydrogen-bond donors (Lipinski definition) is 1. The van der Waals surface area contributed by atoms with Crippen LogP contribution in [0, 0.1) is 17.0 Å². The summed E-state index contributed by atoms with van der Waals surface area (Å²) >= 11 is 0. The summed E-state index contributed by atoms with van der Waals surface area (Å²) in [6.07, 6.45) is 4.24. The van der Waals surface area contributed by atoms with E-state index in [2.05, 4.69) is 4.90 Å². The predicted octanol–water partition coefficient (Wildman–Crippen LogP) is 2.61. The molecule has 0 bridgehead atoms. The van der Waals surface area contributed by atoms with Crippen LogP contribution in [-0.4, -0.2) is 24.1 Å². The van der Waals surface area contributed by atoms with Crippen LogP contribution in [0.15, 0.2) is 18.2 Å². The van der Waals surface area contributed by atoms with E-state index in [1.165, 1.54) is 6.42 Å². The number of nitro groups is 1. The second-order valence-electron chi connectivity index (χ2n) is 5.12. The first kappa shape index (κ1) is 13.8. The number of nitrogens with zero attached hydrogens (tertiary/aromatic N) is 2. The first-order valence-electron chi connectivity index (χ1n) is 6.86. The van der Waals surface area contributed by atoms with Crippen molar-refractivity contribution in [1.82, 2.24) is 0 Å². The number of hydrogen-bond acceptors (Lipinski definition) is 4. The van der Waals surface area contributed by atoms with Crippen LogP contribution in [0.3, 0.4) is 0 Å². The Labute approximate surface area is 113 Å². The van der Waals surface area contributed by atoms with Gasteiger partial charge in [-0.3, -0.25) is 10.1 Å². The summed E-state index contributed by atoms with van der Waals surface area (Å²) < 4.78 is 0. The van der Waals surface area contributed by atoms with Crippen molar-refractivity contribution < 1.29 is 4.92 Å². The van der Waals surface area contributed by atoms with E-state index in [1.807, 2.05) is 12.1 Å². The van der Waals surface area contributed by atoms with Gasteiger partial charge < -0.3 is 10.6 Å². The lowest BCUT2D eigenvalue weighted by atomic mass is 9.97. The van der Waals surface area contributed by atoms with Crippen molar-refractivity contribution in [2.75, 3.05) is 18.0 Å². The van der Waals surface area contributed by atoms with Crippen LogP contribution in [-0.2, 0) is 0 Å². The van der Waals surface area contributed by atoms with Crippen molar-refractivity contribution in [2.45, 2.75) is 38.6 Å². The monoisotopic (exact) mass is 263 g/mol. The quantitative estimate of drug-likeness (QED) is 0.669. The third-order valence-electron chi connectivity index (χ3n) is 3.84. The van der Waals surface area contributed by atoms with Crippen molar-refractivity contribution in [3.8, 4) is 0 Å². The average molecular weight is 263 g/mol. The fourth-order valence-electron chi connectivity index (χ4n) is 2.92. The van der Waals surface area contributed by atoms with E-state index < -0.39 is 0 Å². The van der Waals surface area contributed by atoms with Gasteiger partial charge in [-0.2, -0.15) is 0 Å². The minimum atomic E-state index is -0.265. The zero-order valence-corrected chi connectivity index (χ0v) is 11.3. The fourth-order valence-corrected chi connectivity index (χ4v) is 2.92. The Bertz CT molecular complexity index is 460. The summed E-state index contributed by atoms with van der Waals surface area (Å²) in [7, 11) is 0. The highest BCUT2D eigenvalue weighted by Crippen LogP contribution is 2.35. The summed E-state index contributed by atoms with van der Waals surface area (Å²) in [6.45, 7) is 3.30. The van der Waals surface area contributed by atoms with Crippen LogP contribution in [0.5, 0.6) is 0 Å².